The van der Waals surface area contributed by atoms with Crippen LogP contribution in [-0.4, -0.2) is 24.2 Å². The first-order chi connectivity index (χ1) is 8.75. The molecule has 5 heteroatoms. The van der Waals surface area contributed by atoms with Crippen molar-refractivity contribution in [1.29, 1.82) is 0 Å². The summed E-state index contributed by atoms with van der Waals surface area (Å²) in [4.78, 5) is 17.4. The van der Waals surface area contributed by atoms with E-state index < -0.39 is 0 Å². The molecule has 2 aromatic rings. The molecular weight excluding hydrogens is 232 g/mol. The number of oxazole rings is 1. The largest absolute Gasteiger partial charge is 0.447 e. The number of aryl methyl sites for hydroxylation is 1. The van der Waals surface area contributed by atoms with E-state index in [0.29, 0.717) is 30.6 Å². The Morgan fingerprint density at radius 1 is 1.28 bits per heavy atom. The highest BCUT2D eigenvalue weighted by molar-refractivity contribution is 5.92. The topological polar surface area (TPSA) is 55.6 Å². The Morgan fingerprint density at radius 3 is 2.72 bits per heavy atom. The van der Waals surface area contributed by atoms with Crippen molar-refractivity contribution in [3.63, 3.8) is 0 Å². The normalized spacial score (nSPS) is 14.9. The lowest BCUT2D eigenvalue weighted by molar-refractivity contribution is 0.181. The van der Waals surface area contributed by atoms with E-state index in [-0.39, 0.29) is 6.09 Å². The van der Waals surface area contributed by atoms with Crippen LogP contribution in [0.15, 0.2) is 34.7 Å². The highest BCUT2D eigenvalue weighted by Gasteiger charge is 2.29. The second kappa shape index (κ2) is 4.18. The minimum Gasteiger partial charge on any atom is -0.447 e. The van der Waals surface area contributed by atoms with Gasteiger partial charge in [0.1, 0.15) is 6.61 Å². The molecule has 0 atom stereocenters. The fourth-order valence-electron chi connectivity index (χ4n) is 1.96. The Kier molecular flexibility index (Phi) is 2.51. The van der Waals surface area contributed by atoms with E-state index in [1.165, 1.54) is 4.90 Å². The van der Waals surface area contributed by atoms with Gasteiger partial charge in [-0.3, -0.25) is 4.90 Å². The van der Waals surface area contributed by atoms with Crippen LogP contribution in [0.3, 0.4) is 0 Å². The predicted molar refractivity (Wildman–Crippen MR) is 65.4 cm³/mol. The lowest BCUT2D eigenvalue weighted by atomic mass is 10.2. The van der Waals surface area contributed by atoms with Crippen molar-refractivity contribution in [2.45, 2.75) is 6.92 Å². The zero-order valence-corrected chi connectivity index (χ0v) is 9.92. The number of aromatic nitrogens is 1. The van der Waals surface area contributed by atoms with E-state index in [9.17, 15) is 4.79 Å². The number of anilines is 1. The van der Waals surface area contributed by atoms with Gasteiger partial charge in [-0.15, -0.1) is 0 Å². The zero-order valence-electron chi connectivity index (χ0n) is 9.92. The van der Waals surface area contributed by atoms with Crippen molar-refractivity contribution >= 4 is 11.9 Å². The molecule has 3 rings (SSSR count). The third-order valence-corrected chi connectivity index (χ3v) is 2.77. The third kappa shape index (κ3) is 1.73. The molecule has 1 saturated heterocycles. The summed E-state index contributed by atoms with van der Waals surface area (Å²) in [5.41, 5.74) is 0.896. The number of nitrogens with zero attached hydrogens (tertiary/aromatic N) is 2. The lowest BCUT2D eigenvalue weighted by Gasteiger charge is -2.10. The van der Waals surface area contributed by atoms with Crippen molar-refractivity contribution in [3.8, 4) is 11.3 Å². The van der Waals surface area contributed by atoms with E-state index >= 15 is 0 Å². The number of rotatable bonds is 2. The highest BCUT2D eigenvalue weighted by Crippen LogP contribution is 2.32. The van der Waals surface area contributed by atoms with E-state index in [1.807, 2.05) is 30.3 Å². The highest BCUT2D eigenvalue weighted by atomic mass is 16.6. The first-order valence-electron chi connectivity index (χ1n) is 5.73. The third-order valence-electron chi connectivity index (χ3n) is 2.77. The van der Waals surface area contributed by atoms with Crippen LogP contribution in [0.2, 0.25) is 0 Å². The number of benzene rings is 1. The van der Waals surface area contributed by atoms with Gasteiger partial charge in [0, 0.05) is 12.5 Å². The summed E-state index contributed by atoms with van der Waals surface area (Å²) >= 11 is 0. The fraction of sp³-hybridized carbons (Fsp3) is 0.231. The van der Waals surface area contributed by atoms with Gasteiger partial charge in [0.15, 0.2) is 17.5 Å². The van der Waals surface area contributed by atoms with Gasteiger partial charge in [0.05, 0.1) is 6.54 Å². The molecule has 1 aromatic heterocycles. The van der Waals surface area contributed by atoms with Crippen LogP contribution < -0.4 is 4.90 Å². The maximum absolute atomic E-state index is 11.6. The molecule has 2 heterocycles. The number of amides is 1. The molecule has 1 amide bonds. The molecule has 1 aliphatic heterocycles. The summed E-state index contributed by atoms with van der Waals surface area (Å²) in [5, 5.41) is 0. The maximum Gasteiger partial charge on any atom is 0.415 e. The van der Waals surface area contributed by atoms with Crippen LogP contribution in [0.4, 0.5) is 10.6 Å². The van der Waals surface area contributed by atoms with Gasteiger partial charge in [-0.1, -0.05) is 30.3 Å². The van der Waals surface area contributed by atoms with Gasteiger partial charge >= 0.3 is 6.09 Å². The molecule has 1 aromatic carbocycles. The molecule has 92 valence electrons. The van der Waals surface area contributed by atoms with Crippen molar-refractivity contribution in [3.05, 3.63) is 36.2 Å². The van der Waals surface area contributed by atoms with Gasteiger partial charge in [-0.2, -0.15) is 4.98 Å². The van der Waals surface area contributed by atoms with Gasteiger partial charge in [0.2, 0.25) is 0 Å². The average molecular weight is 244 g/mol. The summed E-state index contributed by atoms with van der Waals surface area (Å²) in [6, 6.07) is 9.60. The maximum atomic E-state index is 11.6. The van der Waals surface area contributed by atoms with Gasteiger partial charge < -0.3 is 9.15 Å². The van der Waals surface area contributed by atoms with Crippen LogP contribution in [-0.2, 0) is 4.74 Å². The summed E-state index contributed by atoms with van der Waals surface area (Å²) in [6.07, 6.45) is -0.375. The summed E-state index contributed by atoms with van der Waals surface area (Å²) < 4.78 is 10.5. The van der Waals surface area contributed by atoms with Crippen LogP contribution >= 0.6 is 0 Å². The van der Waals surface area contributed by atoms with Crippen molar-refractivity contribution < 1.29 is 13.9 Å². The molecule has 0 unspecified atom stereocenters. The molecule has 0 saturated carbocycles. The van der Waals surface area contributed by atoms with Gasteiger partial charge in [0.25, 0.3) is 0 Å². The zero-order chi connectivity index (χ0) is 12.5. The van der Waals surface area contributed by atoms with E-state index in [2.05, 4.69) is 4.98 Å². The van der Waals surface area contributed by atoms with Crippen molar-refractivity contribution in [2.75, 3.05) is 18.1 Å². The van der Waals surface area contributed by atoms with Crippen LogP contribution in [0.25, 0.3) is 11.3 Å². The number of carbonyl (C=O) groups is 1. The molecule has 0 N–H and O–H groups in total. The monoisotopic (exact) mass is 244 g/mol. The minimum absolute atomic E-state index is 0.375. The molecule has 0 radical (unpaired) electrons. The molecular formula is C13H12N2O3. The summed E-state index contributed by atoms with van der Waals surface area (Å²) in [6.45, 7) is 2.65. The second-order valence-electron chi connectivity index (χ2n) is 4.02. The summed E-state index contributed by atoms with van der Waals surface area (Å²) in [5.74, 6) is 1.66. The van der Waals surface area contributed by atoms with Gasteiger partial charge in [-0.25, -0.2) is 4.79 Å². The van der Waals surface area contributed by atoms with Crippen LogP contribution in [0.1, 0.15) is 5.89 Å². The lowest BCUT2D eigenvalue weighted by Crippen LogP contribution is -2.24. The number of hydrogen-bond donors (Lipinski definition) is 0. The van der Waals surface area contributed by atoms with Crippen molar-refractivity contribution in [2.24, 2.45) is 0 Å². The first kappa shape index (κ1) is 10.8. The standard InChI is InChI=1S/C13H12N2O3/c1-9-14-12(15-7-8-17-13(15)16)11(18-9)10-5-3-2-4-6-10/h2-6H,7-8H2,1H3. The van der Waals surface area contributed by atoms with Crippen molar-refractivity contribution in [1.82, 2.24) is 4.98 Å². The molecule has 0 aliphatic carbocycles. The Balaban J connectivity index is 2.08. The number of carbonyl (C=O) groups excluding carboxylic acids is 1. The molecule has 5 nitrogen and oxygen atoms in total. The Labute approximate surface area is 104 Å². The summed E-state index contributed by atoms with van der Waals surface area (Å²) in [7, 11) is 0. The molecule has 1 fully saturated rings. The SMILES string of the molecule is Cc1nc(N2CCOC2=O)c(-c2ccccc2)o1. The Morgan fingerprint density at radius 2 is 2.06 bits per heavy atom. The molecule has 0 spiro atoms. The van der Waals surface area contributed by atoms with E-state index in [1.54, 1.807) is 6.92 Å². The molecule has 0 bridgehead atoms. The van der Waals surface area contributed by atoms with E-state index in [0.717, 1.165) is 5.56 Å². The average Bonchev–Trinajstić information content (AvgIpc) is 2.96. The fourth-order valence-corrected chi connectivity index (χ4v) is 1.96. The first-order valence-corrected chi connectivity index (χ1v) is 5.73. The van der Waals surface area contributed by atoms with Crippen LogP contribution in [0, 0.1) is 6.92 Å². The quantitative estimate of drug-likeness (QED) is 0.814. The number of cyclic esters (lactones) is 1. The Hall–Kier alpha value is -2.30. The number of hydrogen-bond acceptors (Lipinski definition) is 4. The Bertz CT molecular complexity index is 577. The molecule has 18 heavy (non-hydrogen) atoms. The smallest absolute Gasteiger partial charge is 0.415 e. The molecule has 1 aliphatic rings. The van der Waals surface area contributed by atoms with Crippen LogP contribution in [0.5, 0.6) is 0 Å². The number of ether oxygens (including phenoxy) is 1. The van der Waals surface area contributed by atoms with E-state index in [4.69, 9.17) is 9.15 Å². The minimum atomic E-state index is -0.375. The van der Waals surface area contributed by atoms with Gasteiger partial charge in [-0.05, 0) is 0 Å². The second-order valence-corrected chi connectivity index (χ2v) is 4.02. The predicted octanol–water partition coefficient (Wildman–Crippen LogP) is 2.61.